The number of benzene rings is 3. The summed E-state index contributed by atoms with van der Waals surface area (Å²) in [6.07, 6.45) is 0. The molecule has 33 heavy (non-hydrogen) atoms. The van der Waals surface area contributed by atoms with Gasteiger partial charge in [-0.1, -0.05) is 48.5 Å². The first-order chi connectivity index (χ1) is 16.0. The molecule has 0 unspecified atom stereocenters. The van der Waals surface area contributed by atoms with Crippen LogP contribution in [-0.4, -0.2) is 29.5 Å². The van der Waals surface area contributed by atoms with E-state index in [1.165, 1.54) is 11.8 Å². The zero-order valence-corrected chi connectivity index (χ0v) is 17.9. The highest BCUT2D eigenvalue weighted by Crippen LogP contribution is 2.64. The average molecular weight is 439 g/mol. The van der Waals surface area contributed by atoms with Crippen molar-refractivity contribution in [2.24, 2.45) is 11.8 Å². The van der Waals surface area contributed by atoms with Crippen LogP contribution in [0.2, 0.25) is 0 Å². The summed E-state index contributed by atoms with van der Waals surface area (Å²) in [6, 6.07) is 22.0. The molecule has 0 radical (unpaired) electrons. The standard InChI is InChI=1S/C27H21NO5/c1-15(30)33-17-12-10-16(11-13-17)28-25(31)23-22-18-6-2-4-8-20(18)27(14-29,24(23)26(28)32)21-9-5-3-7-19(21)22/h2-13,22-24,29H,14H2,1H3/t22?,23-,24+,27?/m1/s1. The fourth-order valence-corrected chi connectivity index (χ4v) is 6.28. The third-order valence-corrected chi connectivity index (χ3v) is 7.40. The summed E-state index contributed by atoms with van der Waals surface area (Å²) >= 11 is 0. The molecule has 1 aliphatic heterocycles. The molecule has 0 aromatic heterocycles. The van der Waals surface area contributed by atoms with Gasteiger partial charge in [0.2, 0.25) is 11.8 Å². The predicted molar refractivity (Wildman–Crippen MR) is 120 cm³/mol. The maximum absolute atomic E-state index is 13.9. The molecule has 2 bridgehead atoms. The van der Waals surface area contributed by atoms with Crippen LogP contribution in [0.4, 0.5) is 5.69 Å². The summed E-state index contributed by atoms with van der Waals surface area (Å²) in [7, 11) is 0. The molecule has 1 saturated heterocycles. The molecule has 2 amide bonds. The van der Waals surface area contributed by atoms with E-state index in [0.29, 0.717) is 11.4 Å². The number of nitrogens with zero attached hydrogens (tertiary/aromatic N) is 1. The predicted octanol–water partition coefficient (Wildman–Crippen LogP) is 3.16. The number of hydrogen-bond acceptors (Lipinski definition) is 5. The Morgan fingerprint density at radius 2 is 1.48 bits per heavy atom. The van der Waals surface area contributed by atoms with Crippen LogP contribution in [-0.2, 0) is 19.8 Å². The van der Waals surface area contributed by atoms with Gasteiger partial charge in [-0.25, -0.2) is 4.90 Å². The lowest BCUT2D eigenvalue weighted by Crippen LogP contribution is -2.55. The topological polar surface area (TPSA) is 83.9 Å². The maximum Gasteiger partial charge on any atom is 0.308 e. The lowest BCUT2D eigenvalue weighted by molar-refractivity contribution is -0.132. The van der Waals surface area contributed by atoms with Gasteiger partial charge >= 0.3 is 5.97 Å². The summed E-state index contributed by atoms with van der Waals surface area (Å²) in [5, 5.41) is 10.9. The molecule has 6 heteroatoms. The van der Waals surface area contributed by atoms with Gasteiger partial charge in [0.1, 0.15) is 5.75 Å². The number of anilines is 1. The molecule has 3 aromatic rings. The van der Waals surface area contributed by atoms with Gasteiger partial charge < -0.3 is 9.84 Å². The SMILES string of the molecule is CC(=O)Oc1ccc(N2C(=O)[C@@H]3C4c5ccccc5C(CO)(c5ccccc54)[C@@H]3C2=O)cc1. The van der Waals surface area contributed by atoms with Crippen LogP contribution in [0.5, 0.6) is 5.75 Å². The van der Waals surface area contributed by atoms with Crippen molar-refractivity contribution in [1.29, 1.82) is 0 Å². The van der Waals surface area contributed by atoms with Gasteiger partial charge in [0.25, 0.3) is 0 Å². The number of amides is 2. The number of aliphatic hydroxyl groups excluding tert-OH is 1. The van der Waals surface area contributed by atoms with Crippen molar-refractivity contribution in [2.45, 2.75) is 18.3 Å². The summed E-state index contributed by atoms with van der Waals surface area (Å²) in [5.41, 5.74) is 3.29. The zero-order valence-electron chi connectivity index (χ0n) is 17.9. The van der Waals surface area contributed by atoms with E-state index >= 15 is 0 Å². The number of imide groups is 1. The van der Waals surface area contributed by atoms with Crippen LogP contribution in [0.25, 0.3) is 0 Å². The average Bonchev–Trinajstić information content (AvgIpc) is 3.10. The summed E-state index contributed by atoms with van der Waals surface area (Å²) in [5.74, 6) is -2.22. The molecule has 6 nitrogen and oxygen atoms in total. The Kier molecular flexibility index (Phi) is 4.13. The summed E-state index contributed by atoms with van der Waals surface area (Å²) < 4.78 is 5.08. The van der Waals surface area contributed by atoms with E-state index in [-0.39, 0.29) is 24.3 Å². The molecule has 4 aliphatic rings. The zero-order chi connectivity index (χ0) is 22.9. The van der Waals surface area contributed by atoms with Gasteiger partial charge in [0, 0.05) is 12.8 Å². The minimum Gasteiger partial charge on any atom is -0.427 e. The monoisotopic (exact) mass is 439 g/mol. The second-order valence-corrected chi connectivity index (χ2v) is 8.88. The molecule has 2 atom stereocenters. The minimum atomic E-state index is -0.980. The van der Waals surface area contributed by atoms with Crippen LogP contribution < -0.4 is 9.64 Å². The lowest BCUT2D eigenvalue weighted by atomic mass is 9.47. The van der Waals surface area contributed by atoms with Gasteiger partial charge in [-0.15, -0.1) is 0 Å². The molecule has 164 valence electrons. The Labute approximate surface area is 190 Å². The molecular weight excluding hydrogens is 418 g/mol. The number of hydrogen-bond donors (Lipinski definition) is 1. The molecule has 3 aliphatic carbocycles. The van der Waals surface area contributed by atoms with Crippen molar-refractivity contribution in [1.82, 2.24) is 0 Å². The lowest BCUT2D eigenvalue weighted by Gasteiger charge is -2.53. The fraction of sp³-hybridized carbons (Fsp3) is 0.222. The van der Waals surface area contributed by atoms with Crippen molar-refractivity contribution in [3.05, 3.63) is 95.1 Å². The van der Waals surface area contributed by atoms with Gasteiger partial charge in [0.15, 0.2) is 0 Å². The van der Waals surface area contributed by atoms with E-state index in [9.17, 15) is 19.5 Å². The van der Waals surface area contributed by atoms with E-state index in [2.05, 4.69) is 0 Å². The Hall–Kier alpha value is -3.77. The van der Waals surface area contributed by atoms with Crippen LogP contribution in [0, 0.1) is 11.8 Å². The number of rotatable bonds is 3. The normalized spacial score (nSPS) is 26.6. The molecular formula is C27H21NO5. The maximum atomic E-state index is 13.9. The number of carbonyl (C=O) groups excluding carboxylic acids is 3. The number of ether oxygens (including phenoxy) is 1. The van der Waals surface area contributed by atoms with Crippen molar-refractivity contribution in [3.63, 3.8) is 0 Å². The Balaban J connectivity index is 1.53. The van der Waals surface area contributed by atoms with E-state index < -0.39 is 23.2 Å². The fourth-order valence-electron chi connectivity index (χ4n) is 6.28. The highest BCUT2D eigenvalue weighted by molar-refractivity contribution is 6.23. The molecule has 1 heterocycles. The Morgan fingerprint density at radius 3 is 2.03 bits per heavy atom. The third kappa shape index (κ3) is 2.44. The van der Waals surface area contributed by atoms with Crippen LogP contribution >= 0.6 is 0 Å². The molecule has 0 spiro atoms. The van der Waals surface area contributed by atoms with Crippen LogP contribution in [0.15, 0.2) is 72.8 Å². The molecule has 3 aromatic carbocycles. The van der Waals surface area contributed by atoms with E-state index in [4.69, 9.17) is 4.74 Å². The summed E-state index contributed by atoms with van der Waals surface area (Å²) in [6.45, 7) is 1.04. The van der Waals surface area contributed by atoms with Gasteiger partial charge in [0.05, 0.1) is 29.5 Å². The van der Waals surface area contributed by atoms with Gasteiger partial charge in [-0.05, 0) is 46.5 Å². The van der Waals surface area contributed by atoms with Crippen molar-refractivity contribution >= 4 is 23.5 Å². The molecule has 7 rings (SSSR count). The minimum absolute atomic E-state index is 0.252. The van der Waals surface area contributed by atoms with Crippen LogP contribution in [0.3, 0.4) is 0 Å². The highest BCUT2D eigenvalue weighted by Gasteiger charge is 2.68. The van der Waals surface area contributed by atoms with Crippen molar-refractivity contribution in [2.75, 3.05) is 11.5 Å². The smallest absolute Gasteiger partial charge is 0.308 e. The van der Waals surface area contributed by atoms with Gasteiger partial charge in [-0.2, -0.15) is 0 Å². The quantitative estimate of drug-likeness (QED) is 0.385. The molecule has 1 fully saturated rings. The second-order valence-electron chi connectivity index (χ2n) is 8.88. The first kappa shape index (κ1) is 19.9. The highest BCUT2D eigenvalue weighted by atomic mass is 16.5. The van der Waals surface area contributed by atoms with Crippen molar-refractivity contribution < 1.29 is 24.2 Å². The van der Waals surface area contributed by atoms with Gasteiger partial charge in [-0.3, -0.25) is 14.4 Å². The van der Waals surface area contributed by atoms with Crippen molar-refractivity contribution in [3.8, 4) is 5.75 Å². The number of esters is 1. The third-order valence-electron chi connectivity index (χ3n) is 7.40. The second kappa shape index (κ2) is 6.86. The van der Waals surface area contributed by atoms with E-state index in [0.717, 1.165) is 22.3 Å². The first-order valence-electron chi connectivity index (χ1n) is 10.9. The number of aliphatic hydroxyl groups is 1. The Bertz CT molecular complexity index is 1280. The molecule has 1 N–H and O–H groups in total. The first-order valence-corrected chi connectivity index (χ1v) is 10.9. The number of carbonyl (C=O) groups is 3. The summed E-state index contributed by atoms with van der Waals surface area (Å²) in [4.78, 5) is 40.2. The Morgan fingerprint density at radius 1 is 0.909 bits per heavy atom. The van der Waals surface area contributed by atoms with Crippen LogP contribution in [0.1, 0.15) is 35.1 Å². The largest absolute Gasteiger partial charge is 0.427 e. The van der Waals surface area contributed by atoms with E-state index in [1.807, 2.05) is 48.5 Å². The van der Waals surface area contributed by atoms with E-state index in [1.54, 1.807) is 24.3 Å². The molecule has 0 saturated carbocycles.